The van der Waals surface area contributed by atoms with Gasteiger partial charge in [-0.1, -0.05) is 11.3 Å². The van der Waals surface area contributed by atoms with Crippen LogP contribution in [0.25, 0.3) is 5.69 Å². The van der Waals surface area contributed by atoms with Gasteiger partial charge in [-0.25, -0.2) is 4.98 Å². The third-order valence-electron chi connectivity index (χ3n) is 1.82. The average molecular weight is 244 g/mol. The van der Waals surface area contributed by atoms with Gasteiger partial charge in [0.25, 0.3) is 0 Å². The molecular weight excluding hydrogens is 238 g/mol. The highest BCUT2D eigenvalue weighted by atomic mass is 35.5. The maximum absolute atomic E-state index is 10.8. The van der Waals surface area contributed by atoms with E-state index in [1.54, 1.807) is 23.0 Å². The number of alkyl halides is 1. The number of nitro groups is 1. The maximum atomic E-state index is 10.8. The predicted molar refractivity (Wildman–Crippen MR) is 57.7 cm³/mol. The van der Waals surface area contributed by atoms with Crippen LogP contribution in [0.3, 0.4) is 0 Å². The molecule has 15 heavy (non-hydrogen) atoms. The number of rotatable bonds is 3. The van der Waals surface area contributed by atoms with Crippen LogP contribution in [-0.2, 0) is 5.88 Å². The highest BCUT2D eigenvalue weighted by Gasteiger charge is 2.19. The minimum atomic E-state index is -0.407. The summed E-state index contributed by atoms with van der Waals surface area (Å²) in [7, 11) is 0. The van der Waals surface area contributed by atoms with E-state index in [0.717, 1.165) is 16.2 Å². The molecule has 0 unspecified atom stereocenters. The Bertz CT molecular complexity index is 480. The van der Waals surface area contributed by atoms with Crippen molar-refractivity contribution >= 4 is 27.9 Å². The monoisotopic (exact) mass is 243 g/mol. The van der Waals surface area contributed by atoms with Crippen molar-refractivity contribution in [1.82, 2.24) is 9.55 Å². The molecule has 0 fully saturated rings. The molecule has 0 bridgehead atoms. The molecule has 0 N–H and O–H groups in total. The summed E-state index contributed by atoms with van der Waals surface area (Å²) in [6.07, 6.45) is 4.75. The molecule has 5 nitrogen and oxygen atoms in total. The fourth-order valence-corrected chi connectivity index (χ4v) is 2.26. The van der Waals surface area contributed by atoms with Crippen molar-refractivity contribution in [3.63, 3.8) is 0 Å². The highest BCUT2D eigenvalue weighted by Crippen LogP contribution is 2.33. The molecule has 0 radical (unpaired) electrons. The second-order valence-corrected chi connectivity index (χ2v) is 4.15. The molecule has 2 heterocycles. The fourth-order valence-electron chi connectivity index (χ4n) is 1.20. The van der Waals surface area contributed by atoms with Gasteiger partial charge >= 0.3 is 5.00 Å². The van der Waals surface area contributed by atoms with Gasteiger partial charge < -0.3 is 0 Å². The molecule has 0 aliphatic carbocycles. The lowest BCUT2D eigenvalue weighted by molar-refractivity contribution is -0.379. The van der Waals surface area contributed by atoms with Crippen LogP contribution in [0, 0.1) is 10.1 Å². The number of nitrogens with zero attached hydrogens (tertiary/aromatic N) is 3. The molecule has 0 saturated carbocycles. The van der Waals surface area contributed by atoms with Crippen molar-refractivity contribution in [3.05, 3.63) is 39.8 Å². The zero-order chi connectivity index (χ0) is 10.8. The van der Waals surface area contributed by atoms with E-state index in [9.17, 15) is 10.1 Å². The Morgan fingerprint density at radius 3 is 3.00 bits per heavy atom. The van der Waals surface area contributed by atoms with E-state index >= 15 is 0 Å². The van der Waals surface area contributed by atoms with Crippen molar-refractivity contribution in [2.24, 2.45) is 0 Å². The van der Waals surface area contributed by atoms with Gasteiger partial charge in [0.2, 0.25) is 0 Å². The van der Waals surface area contributed by atoms with Gasteiger partial charge in [0, 0.05) is 17.3 Å². The second kappa shape index (κ2) is 4.00. The van der Waals surface area contributed by atoms with E-state index in [0.29, 0.717) is 5.69 Å². The van der Waals surface area contributed by atoms with Crippen LogP contribution in [0.5, 0.6) is 0 Å². The average Bonchev–Trinajstić information content (AvgIpc) is 2.86. The van der Waals surface area contributed by atoms with Crippen LogP contribution in [0.4, 0.5) is 5.00 Å². The molecule has 2 aromatic rings. The number of thiophene rings is 1. The summed E-state index contributed by atoms with van der Waals surface area (Å²) < 4.78 is 1.60. The van der Waals surface area contributed by atoms with Gasteiger partial charge in [0.1, 0.15) is 5.69 Å². The Morgan fingerprint density at radius 2 is 2.47 bits per heavy atom. The Morgan fingerprint density at radius 1 is 1.67 bits per heavy atom. The smallest absolute Gasteiger partial charge is 0.299 e. The third-order valence-corrected chi connectivity index (χ3v) is 3.35. The number of halogens is 1. The van der Waals surface area contributed by atoms with E-state index in [1.807, 2.05) is 0 Å². The minimum absolute atomic E-state index is 0.0867. The molecule has 0 saturated heterocycles. The lowest BCUT2D eigenvalue weighted by atomic mass is 10.4. The molecule has 0 spiro atoms. The summed E-state index contributed by atoms with van der Waals surface area (Å²) in [6, 6.07) is 1.71. The molecule has 0 amide bonds. The molecule has 0 atom stereocenters. The topological polar surface area (TPSA) is 61.0 Å². The lowest BCUT2D eigenvalue weighted by Crippen LogP contribution is -1.93. The second-order valence-electron chi connectivity index (χ2n) is 2.76. The number of hydrogen-bond acceptors (Lipinski definition) is 4. The van der Waals surface area contributed by atoms with Crippen molar-refractivity contribution < 1.29 is 4.92 Å². The van der Waals surface area contributed by atoms with Crippen molar-refractivity contribution in [2.75, 3.05) is 0 Å². The first kappa shape index (κ1) is 10.1. The summed E-state index contributed by atoms with van der Waals surface area (Å²) in [5, 5.41) is 10.9. The Hall–Kier alpha value is -1.40. The van der Waals surface area contributed by atoms with Gasteiger partial charge in [-0.3, -0.25) is 14.7 Å². The first-order valence-corrected chi connectivity index (χ1v) is 5.39. The van der Waals surface area contributed by atoms with Crippen LogP contribution in [-0.4, -0.2) is 14.5 Å². The number of aromatic nitrogens is 2. The SMILES string of the molecule is O=[N+]([O-])c1sc(CCl)cc1-n1ccnc1. The summed E-state index contributed by atoms with van der Waals surface area (Å²) >= 11 is 6.73. The Balaban J connectivity index is 2.54. The fraction of sp³-hybridized carbons (Fsp3) is 0.125. The number of hydrogen-bond donors (Lipinski definition) is 0. The summed E-state index contributed by atoms with van der Waals surface area (Å²) in [6.45, 7) is 0. The molecule has 2 aromatic heterocycles. The maximum Gasteiger partial charge on any atom is 0.348 e. The van der Waals surface area contributed by atoms with Gasteiger partial charge in [0.15, 0.2) is 0 Å². The van der Waals surface area contributed by atoms with Gasteiger partial charge in [-0.05, 0) is 6.07 Å². The largest absolute Gasteiger partial charge is 0.348 e. The summed E-state index contributed by atoms with van der Waals surface area (Å²) in [4.78, 5) is 15.0. The molecule has 7 heteroatoms. The van der Waals surface area contributed by atoms with E-state index in [4.69, 9.17) is 11.6 Å². The molecular formula is C8H6ClN3O2S. The van der Waals surface area contributed by atoms with Crippen LogP contribution in [0.15, 0.2) is 24.8 Å². The predicted octanol–water partition coefficient (Wildman–Crippen LogP) is 2.58. The van der Waals surface area contributed by atoms with E-state index in [-0.39, 0.29) is 10.9 Å². The van der Waals surface area contributed by atoms with E-state index in [1.165, 1.54) is 6.33 Å². The molecule has 0 aliphatic heterocycles. The molecule has 78 valence electrons. The van der Waals surface area contributed by atoms with E-state index < -0.39 is 4.92 Å². The van der Waals surface area contributed by atoms with Gasteiger partial charge in [-0.2, -0.15) is 0 Å². The quantitative estimate of drug-likeness (QED) is 0.473. The van der Waals surface area contributed by atoms with Crippen molar-refractivity contribution in [1.29, 1.82) is 0 Å². The van der Waals surface area contributed by atoms with Gasteiger partial charge in [-0.15, -0.1) is 11.6 Å². The van der Waals surface area contributed by atoms with Crippen LogP contribution in [0.2, 0.25) is 0 Å². The Labute approximate surface area is 94.1 Å². The highest BCUT2D eigenvalue weighted by molar-refractivity contribution is 7.16. The van der Waals surface area contributed by atoms with E-state index in [2.05, 4.69) is 4.98 Å². The zero-order valence-corrected chi connectivity index (χ0v) is 9.03. The minimum Gasteiger partial charge on any atom is -0.299 e. The molecule has 0 aliphatic rings. The normalized spacial score (nSPS) is 10.5. The zero-order valence-electron chi connectivity index (χ0n) is 7.46. The first-order chi connectivity index (χ1) is 7.22. The summed E-state index contributed by atoms with van der Waals surface area (Å²) in [5.74, 6) is 0.278. The van der Waals surface area contributed by atoms with Crippen molar-refractivity contribution in [2.45, 2.75) is 5.88 Å². The number of imidazole rings is 1. The van der Waals surface area contributed by atoms with Crippen molar-refractivity contribution in [3.8, 4) is 5.69 Å². The first-order valence-electron chi connectivity index (χ1n) is 4.03. The van der Waals surface area contributed by atoms with Crippen LogP contribution < -0.4 is 0 Å². The lowest BCUT2D eigenvalue weighted by Gasteiger charge is -1.95. The molecule has 2 rings (SSSR count). The molecule has 0 aromatic carbocycles. The standard InChI is InChI=1S/C8H6ClN3O2S/c9-4-6-3-7(8(15-6)12(13)14)11-2-1-10-5-11/h1-3,5H,4H2. The third kappa shape index (κ3) is 1.86. The van der Waals surface area contributed by atoms with Crippen LogP contribution in [0.1, 0.15) is 4.88 Å². The Kier molecular flexibility index (Phi) is 2.70. The van der Waals surface area contributed by atoms with Crippen LogP contribution >= 0.6 is 22.9 Å². The summed E-state index contributed by atoms with van der Waals surface area (Å²) in [5.41, 5.74) is 0.512. The van der Waals surface area contributed by atoms with Gasteiger partial charge in [0.05, 0.1) is 17.1 Å².